The summed E-state index contributed by atoms with van der Waals surface area (Å²) in [5.41, 5.74) is 6.19. The van der Waals surface area contributed by atoms with Crippen molar-refractivity contribution in [2.75, 3.05) is 0 Å². The molecular formula is C8H17Cl3NO2SiZn-. The maximum Gasteiger partial charge on any atom is 0.231 e. The molecule has 0 spiro atoms. The van der Waals surface area contributed by atoms with Gasteiger partial charge in [0.2, 0.25) is 3.79 Å². The van der Waals surface area contributed by atoms with Gasteiger partial charge in [0.05, 0.1) is 0 Å². The van der Waals surface area contributed by atoms with Crippen molar-refractivity contribution in [3.05, 3.63) is 5.73 Å². The Balaban J connectivity index is -0.000000200. The van der Waals surface area contributed by atoms with E-state index in [1.165, 1.54) is 0 Å². The van der Waals surface area contributed by atoms with E-state index in [2.05, 4.69) is 20.8 Å². The molecule has 0 aromatic rings. The molecule has 16 heavy (non-hydrogen) atoms. The first-order chi connectivity index (χ1) is 6.63. The van der Waals surface area contributed by atoms with Gasteiger partial charge < -0.3 is 15.3 Å². The van der Waals surface area contributed by atoms with Crippen LogP contribution in [0.3, 0.4) is 0 Å². The van der Waals surface area contributed by atoms with E-state index in [9.17, 15) is 9.59 Å². The van der Waals surface area contributed by atoms with Crippen molar-refractivity contribution in [1.82, 2.24) is 0 Å². The second kappa shape index (κ2) is 10.1. The number of hydrogen-bond acceptors (Lipinski definition) is 2. The summed E-state index contributed by atoms with van der Waals surface area (Å²) in [6.07, 6.45) is 0. The molecule has 3 nitrogen and oxygen atoms in total. The molecule has 8 heteroatoms. The molecule has 0 aromatic carbocycles. The predicted octanol–water partition coefficient (Wildman–Crippen LogP) is 3.92. The van der Waals surface area contributed by atoms with Gasteiger partial charge in [-0.05, 0) is 18.1 Å². The summed E-state index contributed by atoms with van der Waals surface area (Å²) in [5, 5.41) is 0. The molecule has 0 fully saturated rings. The topological polar surface area (TPSA) is 61.1 Å². The zero-order chi connectivity index (χ0) is 12.7. The Labute approximate surface area is 126 Å². The zero-order valence-corrected chi connectivity index (χ0v) is 16.1. The first-order valence-electron chi connectivity index (χ1n) is 4.68. The Morgan fingerprint density at radius 1 is 1.19 bits per heavy atom. The maximum absolute atomic E-state index is 9.74. The van der Waals surface area contributed by atoms with Gasteiger partial charge in [-0.1, -0.05) is 55.6 Å². The SMILES string of the molecule is CC[Si](O)(CC)CC.[NH-]C(=O)C(Cl)(Cl)Cl.[Zn]. The van der Waals surface area contributed by atoms with E-state index < -0.39 is 18.0 Å². The maximum atomic E-state index is 9.74. The van der Waals surface area contributed by atoms with Gasteiger partial charge in [-0.3, -0.25) is 0 Å². The minimum absolute atomic E-state index is 0. The van der Waals surface area contributed by atoms with Crippen LogP contribution >= 0.6 is 34.8 Å². The van der Waals surface area contributed by atoms with Crippen LogP contribution in [0.25, 0.3) is 5.73 Å². The molecule has 0 saturated carbocycles. The third-order valence-electron chi connectivity index (χ3n) is 2.23. The third-order valence-corrected chi connectivity index (χ3v) is 6.70. The first kappa shape index (κ1) is 22.3. The van der Waals surface area contributed by atoms with Crippen molar-refractivity contribution in [1.29, 1.82) is 0 Å². The second-order valence-electron chi connectivity index (χ2n) is 3.11. The van der Waals surface area contributed by atoms with E-state index in [-0.39, 0.29) is 19.5 Å². The quantitative estimate of drug-likeness (QED) is 0.614. The van der Waals surface area contributed by atoms with Crippen LogP contribution in [0.2, 0.25) is 18.1 Å². The average molecular weight is 359 g/mol. The molecule has 0 saturated heterocycles. The number of nitrogens with one attached hydrogen (secondary N) is 1. The molecule has 0 radical (unpaired) electrons. The fourth-order valence-corrected chi connectivity index (χ4v) is 2.25. The van der Waals surface area contributed by atoms with Crippen LogP contribution in [-0.4, -0.2) is 22.8 Å². The smallest absolute Gasteiger partial charge is 0.231 e. The van der Waals surface area contributed by atoms with Crippen molar-refractivity contribution in [2.45, 2.75) is 42.7 Å². The van der Waals surface area contributed by atoms with Gasteiger partial charge in [-0.2, -0.15) is 0 Å². The summed E-state index contributed by atoms with van der Waals surface area (Å²) in [6.45, 7) is 6.25. The number of alkyl halides is 3. The first-order valence-corrected chi connectivity index (χ1v) is 8.38. The van der Waals surface area contributed by atoms with Gasteiger partial charge in [-0.25, -0.2) is 0 Å². The number of rotatable bonds is 3. The number of carbonyl (C=O) groups excluding carboxylic acids is 1. The summed E-state index contributed by atoms with van der Waals surface area (Å²) in [4.78, 5) is 19.3. The van der Waals surface area contributed by atoms with Gasteiger partial charge in [0, 0.05) is 19.5 Å². The number of halogens is 3. The Kier molecular flexibility index (Phi) is 14.1. The van der Waals surface area contributed by atoms with Crippen LogP contribution in [0.4, 0.5) is 0 Å². The Hall–Kier alpha value is 1.14. The minimum Gasteiger partial charge on any atom is -0.664 e. The van der Waals surface area contributed by atoms with Crippen LogP contribution in [0, 0.1) is 0 Å². The molecular weight excluding hydrogens is 342 g/mol. The molecule has 2 N–H and O–H groups in total. The number of hydrogen-bond donors (Lipinski definition) is 1. The molecule has 0 bridgehead atoms. The van der Waals surface area contributed by atoms with Gasteiger partial charge in [0.15, 0.2) is 8.32 Å². The fourth-order valence-electron chi connectivity index (χ4n) is 0.750. The molecule has 1 amide bonds. The Morgan fingerprint density at radius 2 is 1.38 bits per heavy atom. The molecule has 0 heterocycles. The molecule has 0 aliphatic carbocycles. The molecule has 0 aliphatic rings. The van der Waals surface area contributed by atoms with E-state index in [4.69, 9.17) is 40.5 Å². The Bertz CT molecular complexity index is 190. The molecule has 94 valence electrons. The second-order valence-corrected chi connectivity index (χ2v) is 9.96. The fraction of sp³-hybridized carbons (Fsp3) is 0.875. The van der Waals surface area contributed by atoms with Gasteiger partial charge in [0.25, 0.3) is 0 Å². The summed E-state index contributed by atoms with van der Waals surface area (Å²) in [6, 6.07) is 3.04. The summed E-state index contributed by atoms with van der Waals surface area (Å²) in [7, 11) is -1.67. The van der Waals surface area contributed by atoms with Crippen molar-refractivity contribution in [2.24, 2.45) is 0 Å². The molecule has 0 aliphatic heterocycles. The van der Waals surface area contributed by atoms with Crippen molar-refractivity contribution in [3.63, 3.8) is 0 Å². The van der Waals surface area contributed by atoms with Crippen molar-refractivity contribution in [3.8, 4) is 0 Å². The van der Waals surface area contributed by atoms with E-state index in [0.717, 1.165) is 18.1 Å². The standard InChI is InChI=1S/C6H16OSi.C2H2Cl3NO.Zn/c1-4-8(7,5-2)6-3;3-2(4,5)1(6)7;/h7H,4-6H2,1-3H3;(H2,6,7);/p-1. The van der Waals surface area contributed by atoms with Crippen molar-refractivity contribution < 1.29 is 29.1 Å². The van der Waals surface area contributed by atoms with Crippen LogP contribution in [0.15, 0.2) is 0 Å². The van der Waals surface area contributed by atoms with E-state index in [1.54, 1.807) is 0 Å². The van der Waals surface area contributed by atoms with Crippen LogP contribution in [-0.2, 0) is 24.3 Å². The number of carbonyl (C=O) groups is 1. The van der Waals surface area contributed by atoms with E-state index in [0.29, 0.717) is 0 Å². The van der Waals surface area contributed by atoms with Gasteiger partial charge in [0.1, 0.15) is 5.91 Å². The third kappa shape index (κ3) is 11.6. The summed E-state index contributed by atoms with van der Waals surface area (Å²) in [5.74, 6) is -1.21. The van der Waals surface area contributed by atoms with E-state index in [1.807, 2.05) is 0 Å². The molecule has 0 rings (SSSR count). The zero-order valence-electron chi connectivity index (χ0n) is 9.82. The van der Waals surface area contributed by atoms with Crippen LogP contribution in [0.5, 0.6) is 0 Å². The predicted molar refractivity (Wildman–Crippen MR) is 69.0 cm³/mol. The normalized spacial score (nSPS) is 10.9. The van der Waals surface area contributed by atoms with Crippen LogP contribution in [0.1, 0.15) is 20.8 Å². The van der Waals surface area contributed by atoms with Gasteiger partial charge >= 0.3 is 0 Å². The van der Waals surface area contributed by atoms with Gasteiger partial charge in [-0.15, -0.1) is 0 Å². The average Bonchev–Trinajstić information content (AvgIpc) is 2.16. The van der Waals surface area contributed by atoms with E-state index >= 15 is 0 Å². The number of amides is 1. The Morgan fingerprint density at radius 3 is 1.38 bits per heavy atom. The largest absolute Gasteiger partial charge is 0.664 e. The molecule has 0 unspecified atom stereocenters. The molecule has 0 aromatic heterocycles. The summed E-state index contributed by atoms with van der Waals surface area (Å²) < 4.78 is -2.06. The summed E-state index contributed by atoms with van der Waals surface area (Å²) >= 11 is 14.6. The molecule has 0 atom stereocenters. The minimum atomic E-state index is -2.06. The monoisotopic (exact) mass is 356 g/mol. The van der Waals surface area contributed by atoms with Crippen LogP contribution < -0.4 is 0 Å². The van der Waals surface area contributed by atoms with Crippen molar-refractivity contribution >= 4 is 49.0 Å².